The highest BCUT2D eigenvalue weighted by molar-refractivity contribution is 5.98. The zero-order chi connectivity index (χ0) is 22.1. The maximum absolute atomic E-state index is 12.4. The predicted octanol–water partition coefficient (Wildman–Crippen LogP) is 3.82. The minimum Gasteiger partial charge on any atom is -0.491 e. The number of benzene rings is 2. The molecule has 1 aliphatic rings. The van der Waals surface area contributed by atoms with E-state index in [2.05, 4.69) is 16.0 Å². The maximum atomic E-state index is 12.4. The molecule has 1 heterocycles. The fourth-order valence-electron chi connectivity index (χ4n) is 3.20. The van der Waals surface area contributed by atoms with E-state index in [1.807, 2.05) is 38.1 Å². The van der Waals surface area contributed by atoms with Crippen molar-refractivity contribution in [3.63, 3.8) is 0 Å². The second kappa shape index (κ2) is 11.4. The van der Waals surface area contributed by atoms with Crippen molar-refractivity contribution in [2.75, 3.05) is 30.4 Å². The van der Waals surface area contributed by atoms with Gasteiger partial charge in [-0.15, -0.1) is 0 Å². The summed E-state index contributed by atoms with van der Waals surface area (Å²) in [5.74, 6) is 0.384. The molecule has 0 aliphatic carbocycles. The van der Waals surface area contributed by atoms with Gasteiger partial charge in [-0.1, -0.05) is 19.1 Å². The van der Waals surface area contributed by atoms with Crippen molar-refractivity contribution >= 4 is 23.2 Å². The normalized spacial score (nSPS) is 16.4. The summed E-state index contributed by atoms with van der Waals surface area (Å²) in [6, 6.07) is 14.5. The first-order chi connectivity index (χ1) is 15.0. The van der Waals surface area contributed by atoms with Crippen molar-refractivity contribution in [2.45, 2.75) is 45.3 Å². The van der Waals surface area contributed by atoms with Crippen molar-refractivity contribution in [1.29, 1.82) is 0 Å². The van der Waals surface area contributed by atoms with Gasteiger partial charge in [0, 0.05) is 35.7 Å². The Morgan fingerprint density at radius 3 is 2.74 bits per heavy atom. The van der Waals surface area contributed by atoms with Crippen molar-refractivity contribution in [3.05, 3.63) is 54.1 Å². The van der Waals surface area contributed by atoms with Crippen LogP contribution in [-0.2, 0) is 9.53 Å². The van der Waals surface area contributed by atoms with Gasteiger partial charge in [-0.05, 0) is 56.5 Å². The summed E-state index contributed by atoms with van der Waals surface area (Å²) in [6.45, 7) is 5.40. The first-order valence-electron chi connectivity index (χ1n) is 10.8. The van der Waals surface area contributed by atoms with Gasteiger partial charge in [0.1, 0.15) is 12.4 Å². The summed E-state index contributed by atoms with van der Waals surface area (Å²) in [4.78, 5) is 24.6. The third kappa shape index (κ3) is 7.29. The van der Waals surface area contributed by atoms with Crippen molar-refractivity contribution in [1.82, 2.24) is 5.32 Å². The molecule has 3 N–H and O–H groups in total. The zero-order valence-corrected chi connectivity index (χ0v) is 18.1. The summed E-state index contributed by atoms with van der Waals surface area (Å²) in [5, 5.41) is 8.85. The Hall–Kier alpha value is -3.06. The predicted molar refractivity (Wildman–Crippen MR) is 122 cm³/mol. The lowest BCUT2D eigenvalue weighted by Gasteiger charge is -2.13. The SMILES string of the molecule is CCC(C)NC(=O)c1cccc(NC(=O)CNc2cccc(OCC3CCCO3)c2)c1. The van der Waals surface area contributed by atoms with Crippen molar-refractivity contribution in [3.8, 4) is 5.75 Å². The van der Waals surface area contributed by atoms with E-state index in [1.165, 1.54) is 0 Å². The number of carbonyl (C=O) groups excluding carboxylic acids is 2. The number of hydrogen-bond acceptors (Lipinski definition) is 5. The van der Waals surface area contributed by atoms with Crippen LogP contribution in [0.15, 0.2) is 48.5 Å². The first kappa shape index (κ1) is 22.6. The Morgan fingerprint density at radius 1 is 1.16 bits per heavy atom. The Morgan fingerprint density at radius 2 is 1.97 bits per heavy atom. The Bertz CT molecular complexity index is 881. The third-order valence-electron chi connectivity index (χ3n) is 5.15. The number of nitrogens with one attached hydrogen (secondary N) is 3. The lowest BCUT2D eigenvalue weighted by Crippen LogP contribution is -2.32. The van der Waals surface area contributed by atoms with E-state index in [1.54, 1.807) is 24.3 Å². The van der Waals surface area contributed by atoms with Gasteiger partial charge in [0.25, 0.3) is 5.91 Å². The summed E-state index contributed by atoms with van der Waals surface area (Å²) in [6.07, 6.45) is 3.12. The quantitative estimate of drug-likeness (QED) is 0.539. The van der Waals surface area contributed by atoms with E-state index in [4.69, 9.17) is 9.47 Å². The van der Waals surface area contributed by atoms with Crippen molar-refractivity contribution < 1.29 is 19.1 Å². The number of anilines is 2. The molecule has 1 saturated heterocycles. The molecular formula is C24H31N3O4. The monoisotopic (exact) mass is 425 g/mol. The molecule has 1 aliphatic heterocycles. The largest absolute Gasteiger partial charge is 0.491 e. The van der Waals surface area contributed by atoms with Crippen LogP contribution < -0.4 is 20.7 Å². The lowest BCUT2D eigenvalue weighted by molar-refractivity contribution is -0.114. The molecular weight excluding hydrogens is 394 g/mol. The molecule has 0 bridgehead atoms. The van der Waals surface area contributed by atoms with E-state index >= 15 is 0 Å². The molecule has 0 saturated carbocycles. The number of rotatable bonds is 10. The smallest absolute Gasteiger partial charge is 0.251 e. The molecule has 166 valence electrons. The lowest BCUT2D eigenvalue weighted by atomic mass is 10.1. The standard InChI is InChI=1S/C24H31N3O4/c1-3-17(2)26-24(29)18-7-4-9-20(13-18)27-23(28)15-25-19-8-5-10-21(14-19)31-16-22-11-6-12-30-22/h4-5,7-10,13-14,17,22,25H,3,6,11-12,15-16H2,1-2H3,(H,26,29)(H,27,28). The van der Waals surface area contributed by atoms with Crippen LogP contribution >= 0.6 is 0 Å². The third-order valence-corrected chi connectivity index (χ3v) is 5.15. The van der Waals surface area contributed by atoms with Gasteiger partial charge in [-0.2, -0.15) is 0 Å². The maximum Gasteiger partial charge on any atom is 0.251 e. The topological polar surface area (TPSA) is 88.7 Å². The molecule has 2 aromatic carbocycles. The van der Waals surface area contributed by atoms with E-state index in [0.29, 0.717) is 17.9 Å². The zero-order valence-electron chi connectivity index (χ0n) is 18.1. The summed E-state index contributed by atoms with van der Waals surface area (Å²) < 4.78 is 11.4. The average molecular weight is 426 g/mol. The highest BCUT2D eigenvalue weighted by atomic mass is 16.5. The molecule has 0 aromatic heterocycles. The van der Waals surface area contributed by atoms with Crippen molar-refractivity contribution in [2.24, 2.45) is 0 Å². The van der Waals surface area contributed by atoms with Crippen LogP contribution in [0.2, 0.25) is 0 Å². The highest BCUT2D eigenvalue weighted by Gasteiger charge is 2.16. The molecule has 2 amide bonds. The molecule has 31 heavy (non-hydrogen) atoms. The summed E-state index contributed by atoms with van der Waals surface area (Å²) in [5.41, 5.74) is 1.89. The van der Waals surface area contributed by atoms with Gasteiger partial charge in [0.05, 0.1) is 12.6 Å². The summed E-state index contributed by atoms with van der Waals surface area (Å²) >= 11 is 0. The fourth-order valence-corrected chi connectivity index (χ4v) is 3.20. The molecule has 0 spiro atoms. The fraction of sp³-hybridized carbons (Fsp3) is 0.417. The second-order valence-corrected chi connectivity index (χ2v) is 7.74. The second-order valence-electron chi connectivity index (χ2n) is 7.74. The highest BCUT2D eigenvalue weighted by Crippen LogP contribution is 2.19. The van der Waals surface area contributed by atoms with Gasteiger partial charge >= 0.3 is 0 Å². The van der Waals surface area contributed by atoms with Crippen LogP contribution in [0.25, 0.3) is 0 Å². The Labute approximate surface area is 183 Å². The first-order valence-corrected chi connectivity index (χ1v) is 10.8. The van der Waals surface area contributed by atoms with Crippen LogP contribution in [0.3, 0.4) is 0 Å². The molecule has 3 rings (SSSR count). The average Bonchev–Trinajstić information content (AvgIpc) is 3.30. The van der Waals surface area contributed by atoms with Gasteiger partial charge in [-0.25, -0.2) is 0 Å². The molecule has 7 nitrogen and oxygen atoms in total. The number of ether oxygens (including phenoxy) is 2. The van der Waals surface area contributed by atoms with Crippen LogP contribution in [-0.4, -0.2) is 43.7 Å². The van der Waals surface area contributed by atoms with Gasteiger partial charge < -0.3 is 25.4 Å². The molecule has 0 radical (unpaired) electrons. The van der Waals surface area contributed by atoms with Gasteiger partial charge in [0.2, 0.25) is 5.91 Å². The molecule has 7 heteroatoms. The van der Waals surface area contributed by atoms with Gasteiger partial charge in [0.15, 0.2) is 0 Å². The Kier molecular flexibility index (Phi) is 8.29. The van der Waals surface area contributed by atoms with Crippen LogP contribution in [0.1, 0.15) is 43.5 Å². The Balaban J connectivity index is 1.48. The number of carbonyl (C=O) groups is 2. The van der Waals surface area contributed by atoms with Crippen LogP contribution in [0.4, 0.5) is 11.4 Å². The van der Waals surface area contributed by atoms with E-state index in [9.17, 15) is 9.59 Å². The van der Waals surface area contributed by atoms with E-state index < -0.39 is 0 Å². The molecule has 2 atom stereocenters. The van der Waals surface area contributed by atoms with Crippen LogP contribution in [0, 0.1) is 0 Å². The van der Waals surface area contributed by atoms with Gasteiger partial charge in [-0.3, -0.25) is 9.59 Å². The summed E-state index contributed by atoms with van der Waals surface area (Å²) in [7, 11) is 0. The minimum atomic E-state index is -0.204. The number of amides is 2. The van der Waals surface area contributed by atoms with Crippen LogP contribution in [0.5, 0.6) is 5.75 Å². The van der Waals surface area contributed by atoms with E-state index in [0.717, 1.165) is 37.3 Å². The van der Waals surface area contributed by atoms with E-state index in [-0.39, 0.29) is 30.5 Å². The number of hydrogen-bond donors (Lipinski definition) is 3. The molecule has 1 fully saturated rings. The molecule has 2 unspecified atom stereocenters. The minimum absolute atomic E-state index is 0.0957. The molecule has 2 aromatic rings.